The summed E-state index contributed by atoms with van der Waals surface area (Å²) in [6.07, 6.45) is 2.38. The number of halogens is 2. The molecule has 0 radical (unpaired) electrons. The highest BCUT2D eigenvalue weighted by Gasteiger charge is 2.43. The normalized spacial score (nSPS) is 17.7. The van der Waals surface area contributed by atoms with Gasteiger partial charge in [0.1, 0.15) is 0 Å². The Morgan fingerprint density at radius 1 is 1.31 bits per heavy atom. The second kappa shape index (κ2) is 3.87. The van der Waals surface area contributed by atoms with Gasteiger partial charge in [0, 0.05) is 17.0 Å². The van der Waals surface area contributed by atoms with Gasteiger partial charge in [-0.25, -0.2) is 0 Å². The van der Waals surface area contributed by atoms with Gasteiger partial charge in [0.05, 0.1) is 0 Å². The summed E-state index contributed by atoms with van der Waals surface area (Å²) in [4.78, 5) is 0. The predicted octanol–water partition coefficient (Wildman–Crippen LogP) is 2.75. The van der Waals surface area contributed by atoms with Crippen LogP contribution < -0.4 is 5.73 Å². The summed E-state index contributed by atoms with van der Waals surface area (Å²) in [6.45, 7) is 0.719. The zero-order chi connectivity index (χ0) is 8.60. The van der Waals surface area contributed by atoms with Crippen LogP contribution in [0, 0.1) is 0 Å². The van der Waals surface area contributed by atoms with Crippen LogP contribution in [0.1, 0.15) is 18.4 Å². The Morgan fingerprint density at radius 3 is 2.38 bits per heavy atom. The van der Waals surface area contributed by atoms with Gasteiger partial charge in [-0.05, 0) is 24.5 Å². The van der Waals surface area contributed by atoms with E-state index in [1.54, 1.807) is 0 Å². The summed E-state index contributed by atoms with van der Waals surface area (Å²) < 4.78 is 0. The molecular weight excluding hydrogens is 205 g/mol. The maximum atomic E-state index is 6.07. The van der Waals surface area contributed by atoms with E-state index in [1.807, 2.05) is 18.2 Å². The molecule has 0 spiro atoms. The summed E-state index contributed by atoms with van der Waals surface area (Å²) in [6, 6.07) is 8.00. The fourth-order valence-corrected chi connectivity index (χ4v) is 1.96. The van der Waals surface area contributed by atoms with Crippen molar-refractivity contribution >= 4 is 24.0 Å². The third-order valence-corrected chi connectivity index (χ3v) is 3.02. The van der Waals surface area contributed by atoms with Crippen LogP contribution in [0.5, 0.6) is 0 Å². The predicted molar refractivity (Wildman–Crippen MR) is 58.7 cm³/mol. The van der Waals surface area contributed by atoms with E-state index < -0.39 is 0 Å². The number of nitrogens with two attached hydrogens (primary N) is 1. The second-order valence-corrected chi connectivity index (χ2v) is 3.87. The van der Waals surface area contributed by atoms with E-state index in [9.17, 15) is 0 Å². The van der Waals surface area contributed by atoms with Crippen molar-refractivity contribution in [3.63, 3.8) is 0 Å². The molecule has 2 rings (SSSR count). The maximum absolute atomic E-state index is 6.07. The average Bonchev–Trinajstić information content (AvgIpc) is 2.86. The molecule has 3 heteroatoms. The van der Waals surface area contributed by atoms with Gasteiger partial charge in [0.15, 0.2) is 0 Å². The highest BCUT2D eigenvalue weighted by molar-refractivity contribution is 6.31. The molecule has 1 aromatic rings. The molecule has 0 aromatic heterocycles. The van der Waals surface area contributed by atoms with E-state index in [0.717, 1.165) is 11.6 Å². The largest absolute Gasteiger partial charge is 0.330 e. The van der Waals surface area contributed by atoms with Gasteiger partial charge in [-0.1, -0.05) is 29.8 Å². The van der Waals surface area contributed by atoms with E-state index in [1.165, 1.54) is 18.4 Å². The molecule has 0 saturated heterocycles. The van der Waals surface area contributed by atoms with E-state index in [-0.39, 0.29) is 17.8 Å². The Kier molecular flexibility index (Phi) is 3.23. The number of benzene rings is 1. The van der Waals surface area contributed by atoms with Crippen LogP contribution in [0.25, 0.3) is 0 Å². The van der Waals surface area contributed by atoms with E-state index in [2.05, 4.69) is 6.07 Å². The van der Waals surface area contributed by atoms with Gasteiger partial charge in [-0.15, -0.1) is 12.4 Å². The van der Waals surface area contributed by atoms with Crippen molar-refractivity contribution in [2.75, 3.05) is 6.54 Å². The van der Waals surface area contributed by atoms with E-state index in [4.69, 9.17) is 17.3 Å². The summed E-state index contributed by atoms with van der Waals surface area (Å²) >= 11 is 6.07. The molecule has 13 heavy (non-hydrogen) atoms. The van der Waals surface area contributed by atoms with E-state index >= 15 is 0 Å². The highest BCUT2D eigenvalue weighted by Crippen LogP contribution is 2.49. The molecule has 72 valence electrons. The SMILES string of the molecule is Cl.NCC1(c2ccccc2Cl)CC1. The molecule has 2 N–H and O–H groups in total. The standard InChI is InChI=1S/C10H12ClN.ClH/c11-9-4-2-1-3-8(9)10(7-12)5-6-10;/h1-4H,5-7,12H2;1H. The van der Waals surface area contributed by atoms with Crippen molar-refractivity contribution in [2.24, 2.45) is 5.73 Å². The zero-order valence-electron chi connectivity index (χ0n) is 7.29. The molecular formula is C10H13Cl2N. The van der Waals surface area contributed by atoms with Gasteiger partial charge >= 0.3 is 0 Å². The van der Waals surface area contributed by atoms with Crippen LogP contribution in [-0.4, -0.2) is 6.54 Å². The Hall–Kier alpha value is -0.240. The molecule has 1 aliphatic carbocycles. The van der Waals surface area contributed by atoms with E-state index in [0.29, 0.717) is 0 Å². The van der Waals surface area contributed by atoms with Crippen LogP contribution in [0.3, 0.4) is 0 Å². The van der Waals surface area contributed by atoms with Crippen LogP contribution in [0.2, 0.25) is 5.02 Å². The lowest BCUT2D eigenvalue weighted by Gasteiger charge is -2.13. The lowest BCUT2D eigenvalue weighted by Crippen LogP contribution is -2.19. The molecule has 0 amide bonds. The molecule has 0 heterocycles. The van der Waals surface area contributed by atoms with Gasteiger partial charge in [-0.2, -0.15) is 0 Å². The first-order valence-corrected chi connectivity index (χ1v) is 4.61. The fraction of sp³-hybridized carbons (Fsp3) is 0.400. The Morgan fingerprint density at radius 2 is 1.92 bits per heavy atom. The zero-order valence-corrected chi connectivity index (χ0v) is 8.87. The minimum absolute atomic E-state index is 0. The minimum atomic E-state index is 0. The monoisotopic (exact) mass is 217 g/mol. The third-order valence-electron chi connectivity index (χ3n) is 2.69. The Balaban J connectivity index is 0.000000845. The molecule has 0 aliphatic heterocycles. The molecule has 0 bridgehead atoms. The van der Waals surface area contributed by atoms with Crippen molar-refractivity contribution in [1.82, 2.24) is 0 Å². The third kappa shape index (κ3) is 1.83. The van der Waals surface area contributed by atoms with Gasteiger partial charge in [-0.3, -0.25) is 0 Å². The summed E-state index contributed by atoms with van der Waals surface area (Å²) in [5.41, 5.74) is 7.16. The van der Waals surface area contributed by atoms with Gasteiger partial charge in [0.2, 0.25) is 0 Å². The molecule has 1 nitrogen and oxygen atoms in total. The van der Waals surface area contributed by atoms with Crippen molar-refractivity contribution in [2.45, 2.75) is 18.3 Å². The van der Waals surface area contributed by atoms with Crippen molar-refractivity contribution in [1.29, 1.82) is 0 Å². The van der Waals surface area contributed by atoms with Crippen LogP contribution in [0.4, 0.5) is 0 Å². The first-order valence-electron chi connectivity index (χ1n) is 4.24. The van der Waals surface area contributed by atoms with Crippen molar-refractivity contribution in [3.05, 3.63) is 34.9 Å². The average molecular weight is 218 g/mol. The molecule has 1 fully saturated rings. The minimum Gasteiger partial charge on any atom is -0.330 e. The number of hydrogen-bond donors (Lipinski definition) is 1. The highest BCUT2D eigenvalue weighted by atomic mass is 35.5. The second-order valence-electron chi connectivity index (χ2n) is 3.46. The summed E-state index contributed by atoms with van der Waals surface area (Å²) in [5.74, 6) is 0. The van der Waals surface area contributed by atoms with Crippen molar-refractivity contribution < 1.29 is 0 Å². The number of hydrogen-bond acceptors (Lipinski definition) is 1. The Labute approximate surface area is 89.7 Å². The van der Waals surface area contributed by atoms with Crippen LogP contribution in [0.15, 0.2) is 24.3 Å². The van der Waals surface area contributed by atoms with Gasteiger partial charge in [0.25, 0.3) is 0 Å². The first kappa shape index (κ1) is 10.8. The topological polar surface area (TPSA) is 26.0 Å². The first-order chi connectivity index (χ1) is 5.78. The molecule has 1 saturated carbocycles. The quantitative estimate of drug-likeness (QED) is 0.811. The lowest BCUT2D eigenvalue weighted by molar-refractivity contribution is 0.705. The lowest BCUT2D eigenvalue weighted by atomic mass is 9.96. The summed E-state index contributed by atoms with van der Waals surface area (Å²) in [7, 11) is 0. The molecule has 1 aromatic carbocycles. The smallest absolute Gasteiger partial charge is 0.0444 e. The van der Waals surface area contributed by atoms with Crippen LogP contribution >= 0.6 is 24.0 Å². The van der Waals surface area contributed by atoms with Gasteiger partial charge < -0.3 is 5.73 Å². The van der Waals surface area contributed by atoms with Crippen LogP contribution in [-0.2, 0) is 5.41 Å². The molecule has 0 atom stereocenters. The molecule has 0 unspecified atom stereocenters. The summed E-state index contributed by atoms with van der Waals surface area (Å²) in [5, 5.41) is 0.862. The fourth-order valence-electron chi connectivity index (χ4n) is 1.63. The van der Waals surface area contributed by atoms with Crippen molar-refractivity contribution in [3.8, 4) is 0 Å². The molecule has 1 aliphatic rings. The maximum Gasteiger partial charge on any atom is 0.0444 e. The number of rotatable bonds is 2. The Bertz CT molecular complexity index is 295.